The van der Waals surface area contributed by atoms with Gasteiger partial charge in [-0.15, -0.1) is 0 Å². The molecule has 5 nitrogen and oxygen atoms in total. The fourth-order valence-electron chi connectivity index (χ4n) is 2.80. The van der Waals surface area contributed by atoms with E-state index < -0.39 is 0 Å². The molecule has 3 rings (SSSR count). The normalized spacial score (nSPS) is 22.4. The summed E-state index contributed by atoms with van der Waals surface area (Å²) >= 11 is 0. The van der Waals surface area contributed by atoms with Gasteiger partial charge < -0.3 is 15.0 Å². The first-order valence-electron chi connectivity index (χ1n) is 7.00. The number of ether oxygens (including phenoxy) is 1. The summed E-state index contributed by atoms with van der Waals surface area (Å²) in [5.41, 5.74) is 0.669. The Kier molecular flexibility index (Phi) is 3.80. The fraction of sp³-hybridized carbons (Fsp3) is 0.467. The van der Waals surface area contributed by atoms with Crippen LogP contribution in [0.15, 0.2) is 29.1 Å². The SMILES string of the molecule is COC1CCC(NCc2nc3ccccc3c(=O)[nH]2)C1. The Labute approximate surface area is 117 Å². The summed E-state index contributed by atoms with van der Waals surface area (Å²) in [6, 6.07) is 7.84. The predicted octanol–water partition coefficient (Wildman–Crippen LogP) is 1.58. The topological polar surface area (TPSA) is 67.0 Å². The van der Waals surface area contributed by atoms with Crippen molar-refractivity contribution in [1.29, 1.82) is 0 Å². The van der Waals surface area contributed by atoms with Gasteiger partial charge in [0.05, 0.1) is 23.6 Å². The molecule has 0 radical (unpaired) electrons. The van der Waals surface area contributed by atoms with Crippen LogP contribution >= 0.6 is 0 Å². The highest BCUT2D eigenvalue weighted by atomic mass is 16.5. The molecular weight excluding hydrogens is 254 g/mol. The molecule has 0 amide bonds. The standard InChI is InChI=1S/C15H19N3O2/c1-20-11-7-6-10(8-11)16-9-14-17-13-5-3-2-4-12(13)15(19)18-14/h2-5,10-11,16H,6-9H2,1H3,(H,17,18,19). The molecule has 1 aromatic carbocycles. The highest BCUT2D eigenvalue weighted by Crippen LogP contribution is 2.21. The average molecular weight is 273 g/mol. The molecule has 2 unspecified atom stereocenters. The minimum absolute atomic E-state index is 0.0754. The van der Waals surface area contributed by atoms with E-state index in [0.717, 1.165) is 24.8 Å². The van der Waals surface area contributed by atoms with Gasteiger partial charge in [0.1, 0.15) is 5.82 Å². The zero-order valence-electron chi connectivity index (χ0n) is 11.6. The van der Waals surface area contributed by atoms with Gasteiger partial charge in [0, 0.05) is 13.2 Å². The first-order valence-corrected chi connectivity index (χ1v) is 7.00. The van der Waals surface area contributed by atoms with E-state index in [4.69, 9.17) is 4.74 Å². The van der Waals surface area contributed by atoms with Crippen molar-refractivity contribution < 1.29 is 4.74 Å². The van der Waals surface area contributed by atoms with E-state index >= 15 is 0 Å². The van der Waals surface area contributed by atoms with Crippen LogP contribution < -0.4 is 10.9 Å². The Morgan fingerprint density at radius 3 is 3.05 bits per heavy atom. The number of H-pyrrole nitrogens is 1. The molecule has 0 spiro atoms. The first kappa shape index (κ1) is 13.3. The van der Waals surface area contributed by atoms with Crippen LogP contribution in [0, 0.1) is 0 Å². The van der Waals surface area contributed by atoms with Crippen molar-refractivity contribution in [2.75, 3.05) is 7.11 Å². The molecule has 5 heteroatoms. The molecule has 2 atom stereocenters. The second-order valence-corrected chi connectivity index (χ2v) is 5.28. The van der Waals surface area contributed by atoms with Crippen molar-refractivity contribution in [3.8, 4) is 0 Å². The molecule has 1 saturated carbocycles. The Hall–Kier alpha value is -1.72. The molecule has 1 aliphatic rings. The second kappa shape index (κ2) is 5.73. The summed E-state index contributed by atoms with van der Waals surface area (Å²) in [6.07, 6.45) is 3.58. The number of fused-ring (bicyclic) bond motifs is 1. The Balaban J connectivity index is 1.70. The van der Waals surface area contributed by atoms with Gasteiger partial charge in [-0.2, -0.15) is 0 Å². The number of rotatable bonds is 4. The molecule has 0 bridgehead atoms. The van der Waals surface area contributed by atoms with Gasteiger partial charge in [-0.3, -0.25) is 4.79 Å². The summed E-state index contributed by atoms with van der Waals surface area (Å²) < 4.78 is 5.36. The van der Waals surface area contributed by atoms with Crippen LogP contribution in [-0.4, -0.2) is 29.2 Å². The van der Waals surface area contributed by atoms with Crippen molar-refractivity contribution in [3.63, 3.8) is 0 Å². The lowest BCUT2D eigenvalue weighted by molar-refractivity contribution is 0.107. The van der Waals surface area contributed by atoms with E-state index in [1.165, 1.54) is 0 Å². The van der Waals surface area contributed by atoms with Crippen molar-refractivity contribution in [2.45, 2.75) is 38.0 Å². The maximum Gasteiger partial charge on any atom is 0.258 e. The third kappa shape index (κ3) is 2.73. The largest absolute Gasteiger partial charge is 0.381 e. The van der Waals surface area contributed by atoms with E-state index in [9.17, 15) is 4.79 Å². The van der Waals surface area contributed by atoms with Crippen molar-refractivity contribution >= 4 is 10.9 Å². The van der Waals surface area contributed by atoms with E-state index in [1.54, 1.807) is 13.2 Å². The van der Waals surface area contributed by atoms with Crippen LogP contribution in [0.3, 0.4) is 0 Å². The molecule has 1 fully saturated rings. The number of aromatic amines is 1. The molecular formula is C15H19N3O2. The van der Waals surface area contributed by atoms with E-state index in [0.29, 0.717) is 29.9 Å². The number of aromatic nitrogens is 2. The van der Waals surface area contributed by atoms with Gasteiger partial charge in [0.15, 0.2) is 0 Å². The van der Waals surface area contributed by atoms with Crippen LogP contribution in [0.25, 0.3) is 10.9 Å². The van der Waals surface area contributed by atoms with Crippen LogP contribution in [-0.2, 0) is 11.3 Å². The number of hydrogen-bond donors (Lipinski definition) is 2. The molecule has 2 N–H and O–H groups in total. The van der Waals surface area contributed by atoms with Crippen molar-refractivity contribution in [2.24, 2.45) is 0 Å². The summed E-state index contributed by atoms with van der Waals surface area (Å²) in [6.45, 7) is 0.584. The highest BCUT2D eigenvalue weighted by Gasteiger charge is 2.23. The van der Waals surface area contributed by atoms with Gasteiger partial charge in [-0.25, -0.2) is 4.98 Å². The number of methoxy groups -OCH3 is 1. The Bertz CT molecular complexity index is 653. The molecule has 1 aliphatic carbocycles. The molecule has 0 saturated heterocycles. The zero-order chi connectivity index (χ0) is 13.9. The maximum atomic E-state index is 12.0. The van der Waals surface area contributed by atoms with E-state index in [2.05, 4.69) is 15.3 Å². The minimum atomic E-state index is -0.0754. The molecule has 106 valence electrons. The van der Waals surface area contributed by atoms with Crippen LogP contribution in [0.4, 0.5) is 0 Å². The smallest absolute Gasteiger partial charge is 0.258 e. The molecule has 1 heterocycles. The van der Waals surface area contributed by atoms with Gasteiger partial charge >= 0.3 is 0 Å². The Morgan fingerprint density at radius 1 is 1.40 bits per heavy atom. The molecule has 20 heavy (non-hydrogen) atoms. The number of hydrogen-bond acceptors (Lipinski definition) is 4. The highest BCUT2D eigenvalue weighted by molar-refractivity contribution is 5.77. The molecule has 2 aromatic rings. The van der Waals surface area contributed by atoms with Crippen LogP contribution in [0.1, 0.15) is 25.1 Å². The lowest BCUT2D eigenvalue weighted by Crippen LogP contribution is -2.28. The van der Waals surface area contributed by atoms with Crippen LogP contribution in [0.5, 0.6) is 0 Å². The zero-order valence-corrected chi connectivity index (χ0v) is 11.6. The monoisotopic (exact) mass is 273 g/mol. The van der Waals surface area contributed by atoms with Crippen molar-refractivity contribution in [3.05, 3.63) is 40.4 Å². The first-order chi connectivity index (χ1) is 9.76. The number of nitrogens with one attached hydrogen (secondary N) is 2. The van der Waals surface area contributed by atoms with Gasteiger partial charge in [-0.05, 0) is 31.4 Å². The third-order valence-electron chi connectivity index (χ3n) is 3.94. The summed E-state index contributed by atoms with van der Waals surface area (Å²) in [5.74, 6) is 0.689. The minimum Gasteiger partial charge on any atom is -0.381 e. The van der Waals surface area contributed by atoms with Crippen molar-refractivity contribution in [1.82, 2.24) is 15.3 Å². The summed E-state index contributed by atoms with van der Waals surface area (Å²) in [7, 11) is 1.76. The van der Waals surface area contributed by atoms with E-state index in [1.807, 2.05) is 18.2 Å². The number of benzene rings is 1. The van der Waals surface area contributed by atoms with Gasteiger partial charge in [0.25, 0.3) is 5.56 Å². The second-order valence-electron chi connectivity index (χ2n) is 5.28. The molecule has 1 aromatic heterocycles. The van der Waals surface area contributed by atoms with E-state index in [-0.39, 0.29) is 5.56 Å². The lowest BCUT2D eigenvalue weighted by atomic mass is 10.2. The number of nitrogens with zero attached hydrogens (tertiary/aromatic N) is 1. The third-order valence-corrected chi connectivity index (χ3v) is 3.94. The Morgan fingerprint density at radius 2 is 2.25 bits per heavy atom. The molecule has 0 aliphatic heterocycles. The summed E-state index contributed by atoms with van der Waals surface area (Å²) in [4.78, 5) is 19.3. The maximum absolute atomic E-state index is 12.0. The fourth-order valence-corrected chi connectivity index (χ4v) is 2.80. The van der Waals surface area contributed by atoms with Gasteiger partial charge in [0.2, 0.25) is 0 Å². The lowest BCUT2D eigenvalue weighted by Gasteiger charge is -2.12. The quantitative estimate of drug-likeness (QED) is 0.887. The van der Waals surface area contributed by atoms with Crippen LogP contribution in [0.2, 0.25) is 0 Å². The average Bonchev–Trinajstić information content (AvgIpc) is 2.93. The van der Waals surface area contributed by atoms with Gasteiger partial charge in [-0.1, -0.05) is 12.1 Å². The predicted molar refractivity (Wildman–Crippen MR) is 77.6 cm³/mol. The number of para-hydroxylation sites is 1. The summed E-state index contributed by atoms with van der Waals surface area (Å²) in [5, 5.41) is 4.08.